The number of carboxylic acid groups (broad SMARTS) is 1. The molecule has 12 atom stereocenters. The molecule has 5 N–H and O–H groups in total. The third-order valence-electron chi connectivity index (χ3n) is 12.4. The Labute approximate surface area is 372 Å². The average molecular weight is 915 g/mol. The van der Waals surface area contributed by atoms with E-state index in [0.717, 1.165) is 27.4 Å². The number of nitrogens with zero attached hydrogens (tertiary/aromatic N) is 2. The van der Waals surface area contributed by atoms with E-state index in [1.807, 2.05) is 39.0 Å². The number of ketones is 1. The minimum atomic E-state index is -2.03. The van der Waals surface area contributed by atoms with Crippen LogP contribution in [0.1, 0.15) is 88.5 Å². The molecule has 0 aliphatic carbocycles. The highest BCUT2D eigenvalue weighted by molar-refractivity contribution is 7.18. The zero-order valence-electron chi connectivity index (χ0n) is 36.0. The highest BCUT2D eigenvalue weighted by Gasteiger charge is 2.54. The number of allylic oxidation sites excluding steroid dienone is 1. The first-order valence-corrected chi connectivity index (χ1v) is 21.7. The average Bonchev–Trinajstić information content (AvgIpc) is 3.71. The Kier molecular flexibility index (Phi) is 14.8. The molecule has 0 unspecified atom stereocenters. The molecule has 64 heavy (non-hydrogen) atoms. The Morgan fingerprint density at radius 3 is 2.48 bits per heavy atom. The Hall–Kier alpha value is -5.09. The van der Waals surface area contributed by atoms with E-state index >= 15 is 0 Å². The molecule has 0 bridgehead atoms. The van der Waals surface area contributed by atoms with E-state index < -0.39 is 119 Å². The van der Waals surface area contributed by atoms with Gasteiger partial charge in [0.1, 0.15) is 42.9 Å². The number of rotatable bonds is 10. The zero-order valence-corrected chi connectivity index (χ0v) is 36.8. The Morgan fingerprint density at radius 1 is 1.06 bits per heavy atom. The molecule has 19 nitrogen and oxygen atoms in total. The van der Waals surface area contributed by atoms with Crippen LogP contribution >= 0.6 is 11.3 Å². The molecule has 0 spiro atoms. The predicted molar refractivity (Wildman–Crippen MR) is 225 cm³/mol. The number of epoxide rings is 1. The third kappa shape index (κ3) is 10.7. The quantitative estimate of drug-likeness (QED) is 0.0588. The largest absolute Gasteiger partial charge is 0.508 e. The number of benzene rings is 2. The number of ether oxygens (including phenoxy) is 6. The number of esters is 1. The number of aryl methyl sites for hydroxylation is 1. The second-order valence-corrected chi connectivity index (χ2v) is 18.7. The minimum absolute atomic E-state index is 0.0280. The normalized spacial score (nSPS) is 32.4. The number of Topliss-reactive ketones (excluding diaryl/α,β-unsaturated/α-hetero) is 1. The molecule has 6 rings (SSSR count). The second-order valence-electron chi connectivity index (χ2n) is 17.4. The molecule has 3 aliphatic heterocycles. The number of nitro benzene ring substituents is 1. The van der Waals surface area contributed by atoms with Gasteiger partial charge in [0.15, 0.2) is 11.9 Å². The molecule has 0 saturated carbocycles. The molecule has 1 aromatic heterocycles. The standard InChI is InChI=1S/C44H54N2O17S/c1-7-9-25-34(48)21(2)10-8-15-44(6)32(63-44)18-29(24-12-14-30-26(17-24)45-22(3)64-30)59-33(47)19-31(43(4,5)39(25)52)61-42(55)58-20-23-11-13-28(27(16-23)46(56)57)60-41-37(51)35(49)36(50)38(62-41)40(53)54/h7,11-14,16-17,21,25,29,31-32,34-38,41,48-51H,1,8-10,15,18-20H2,2-6H3,(H,53,54)/t21-,25+,29-,31-,32-,34-,35-,36-,37+,38-,41+,44+/m0/s1. The number of fused-ring (bicyclic) bond motifs is 2. The number of aliphatic hydroxyl groups excluding tert-OH is 4. The van der Waals surface area contributed by atoms with Crippen molar-refractivity contribution in [2.75, 3.05) is 0 Å². The number of aliphatic carboxylic acids is 1. The first kappa shape index (κ1) is 48.4. The SMILES string of the molecule is C=CC[C@H]1C(=O)C(C)(C)[C@@H](OC(=O)OCc2ccc(O[C@@H]3O[C@H](C(=O)O)[C@@H](O)[C@H](O)[C@H]3O)c([N+](=O)[O-])c2)CC(=O)O[C@H](c2ccc3sc(C)nc3c2)C[C@@H]2O[C@]2(C)CCC[C@H](C)[C@@H]1O. The van der Waals surface area contributed by atoms with E-state index in [4.69, 9.17) is 28.4 Å². The van der Waals surface area contributed by atoms with Crippen LogP contribution in [-0.2, 0) is 44.7 Å². The first-order valence-electron chi connectivity index (χ1n) is 20.9. The Bertz CT molecular complexity index is 2250. The van der Waals surface area contributed by atoms with Gasteiger partial charge in [0.05, 0.1) is 49.8 Å². The van der Waals surface area contributed by atoms with E-state index in [-0.39, 0.29) is 24.0 Å². The van der Waals surface area contributed by atoms with Crippen LogP contribution in [0.3, 0.4) is 0 Å². The van der Waals surface area contributed by atoms with Crippen molar-refractivity contribution in [1.29, 1.82) is 0 Å². The van der Waals surface area contributed by atoms with Gasteiger partial charge in [-0.15, -0.1) is 17.9 Å². The number of hydrogen-bond acceptors (Lipinski definition) is 18. The monoisotopic (exact) mass is 914 g/mol. The molecule has 2 aromatic carbocycles. The van der Waals surface area contributed by atoms with E-state index in [1.54, 1.807) is 0 Å². The maximum atomic E-state index is 14.5. The summed E-state index contributed by atoms with van der Waals surface area (Å²) in [6.07, 6.45) is -11.8. The zero-order chi connectivity index (χ0) is 46.8. The van der Waals surface area contributed by atoms with Crippen molar-refractivity contribution in [3.8, 4) is 5.75 Å². The van der Waals surface area contributed by atoms with E-state index in [0.29, 0.717) is 31.2 Å². The maximum Gasteiger partial charge on any atom is 0.508 e. The lowest BCUT2D eigenvalue weighted by atomic mass is 9.71. The number of carbonyl (C=O) groups excluding carboxylic acids is 3. The van der Waals surface area contributed by atoms with Crippen LogP contribution in [0.4, 0.5) is 10.5 Å². The van der Waals surface area contributed by atoms with Crippen molar-refractivity contribution in [1.82, 2.24) is 4.98 Å². The van der Waals surface area contributed by atoms with Crippen LogP contribution in [0.15, 0.2) is 49.1 Å². The highest BCUT2D eigenvalue weighted by atomic mass is 32.1. The summed E-state index contributed by atoms with van der Waals surface area (Å²) < 4.78 is 34.9. The lowest BCUT2D eigenvalue weighted by Gasteiger charge is -2.38. The molecule has 4 heterocycles. The van der Waals surface area contributed by atoms with Crippen LogP contribution in [-0.4, -0.2) is 114 Å². The minimum Gasteiger partial charge on any atom is -0.479 e. The van der Waals surface area contributed by atoms with E-state index in [2.05, 4.69) is 11.6 Å². The summed E-state index contributed by atoms with van der Waals surface area (Å²) in [6.45, 7) is 11.9. The molecule has 3 aliphatic rings. The molecule has 3 fully saturated rings. The number of carbonyl (C=O) groups is 4. The van der Waals surface area contributed by atoms with Gasteiger partial charge in [-0.2, -0.15) is 0 Å². The maximum absolute atomic E-state index is 14.5. The topological polar surface area (TPSA) is 284 Å². The van der Waals surface area contributed by atoms with Gasteiger partial charge >= 0.3 is 23.8 Å². The summed E-state index contributed by atoms with van der Waals surface area (Å²) in [7, 11) is 0. The van der Waals surface area contributed by atoms with Crippen LogP contribution in [0.5, 0.6) is 5.75 Å². The summed E-state index contributed by atoms with van der Waals surface area (Å²) in [5.41, 5.74) is -1.42. The van der Waals surface area contributed by atoms with Gasteiger partial charge in [0.2, 0.25) is 6.29 Å². The van der Waals surface area contributed by atoms with E-state index in [1.165, 1.54) is 37.3 Å². The van der Waals surface area contributed by atoms with Crippen LogP contribution < -0.4 is 4.74 Å². The van der Waals surface area contributed by atoms with Crippen LogP contribution in [0.2, 0.25) is 0 Å². The third-order valence-corrected chi connectivity index (χ3v) is 13.3. The van der Waals surface area contributed by atoms with Crippen LogP contribution in [0.25, 0.3) is 10.2 Å². The fraction of sp³-hybridized carbons (Fsp3) is 0.568. The highest BCUT2D eigenvalue weighted by Crippen LogP contribution is 2.47. The molecule has 3 saturated heterocycles. The fourth-order valence-corrected chi connectivity index (χ4v) is 9.15. The van der Waals surface area contributed by atoms with Gasteiger partial charge in [-0.05, 0) is 82.2 Å². The molecular formula is C44H54N2O17S. The van der Waals surface area contributed by atoms with Crippen molar-refractivity contribution in [3.05, 3.63) is 75.3 Å². The Balaban J connectivity index is 1.24. The molecule has 348 valence electrons. The first-order chi connectivity index (χ1) is 30.1. The predicted octanol–water partition coefficient (Wildman–Crippen LogP) is 5.00. The molecule has 20 heteroatoms. The Morgan fingerprint density at radius 2 is 1.80 bits per heavy atom. The van der Waals surface area contributed by atoms with Gasteiger partial charge in [-0.3, -0.25) is 19.7 Å². The smallest absolute Gasteiger partial charge is 0.479 e. The number of thiazole rings is 1. The van der Waals surface area contributed by atoms with Gasteiger partial charge in [0, 0.05) is 18.4 Å². The van der Waals surface area contributed by atoms with Crippen molar-refractivity contribution in [2.24, 2.45) is 17.3 Å². The molecule has 0 radical (unpaired) electrons. The van der Waals surface area contributed by atoms with Crippen molar-refractivity contribution in [3.63, 3.8) is 0 Å². The molecular weight excluding hydrogens is 861 g/mol. The number of cyclic esters (lactones) is 1. The second kappa shape index (κ2) is 19.6. The summed E-state index contributed by atoms with van der Waals surface area (Å²) in [5.74, 6) is -4.83. The fourth-order valence-electron chi connectivity index (χ4n) is 8.34. The number of nitro groups is 1. The van der Waals surface area contributed by atoms with Gasteiger partial charge < -0.3 is 54.0 Å². The molecule has 3 aromatic rings. The summed E-state index contributed by atoms with van der Waals surface area (Å²) in [6, 6.07) is 8.87. The molecule has 0 amide bonds. The van der Waals surface area contributed by atoms with Gasteiger partial charge in [0.25, 0.3) is 0 Å². The van der Waals surface area contributed by atoms with Crippen LogP contribution in [0, 0.1) is 34.3 Å². The summed E-state index contributed by atoms with van der Waals surface area (Å²) in [4.78, 5) is 69.4. The number of aromatic nitrogens is 1. The van der Waals surface area contributed by atoms with Crippen molar-refractivity contribution >= 4 is 51.1 Å². The number of aliphatic hydroxyl groups is 4. The lowest BCUT2D eigenvalue weighted by Crippen LogP contribution is -2.61. The summed E-state index contributed by atoms with van der Waals surface area (Å²) in [5, 5.41) is 64.4. The van der Waals surface area contributed by atoms with Crippen molar-refractivity contribution < 1.29 is 78.1 Å². The lowest BCUT2D eigenvalue weighted by molar-refractivity contribution is -0.387. The number of hydrogen-bond donors (Lipinski definition) is 5. The van der Waals surface area contributed by atoms with Crippen molar-refractivity contribution in [2.45, 2.75) is 140 Å². The number of carboxylic acids is 1. The van der Waals surface area contributed by atoms with Gasteiger partial charge in [-0.25, -0.2) is 14.6 Å². The van der Waals surface area contributed by atoms with E-state index in [9.17, 15) is 54.8 Å². The van der Waals surface area contributed by atoms with Gasteiger partial charge in [-0.1, -0.05) is 31.6 Å². The summed E-state index contributed by atoms with van der Waals surface area (Å²) >= 11 is 1.53.